The highest BCUT2D eigenvalue weighted by Gasteiger charge is 2.27. The summed E-state index contributed by atoms with van der Waals surface area (Å²) in [7, 11) is 0. The molecule has 0 aliphatic carbocycles. The number of fused-ring (bicyclic) bond motifs is 1. The predicted molar refractivity (Wildman–Crippen MR) is 58.7 cm³/mol. The van der Waals surface area contributed by atoms with Gasteiger partial charge in [-0.3, -0.25) is 0 Å². The number of halogens is 4. The van der Waals surface area contributed by atoms with Crippen molar-refractivity contribution in [3.8, 4) is 0 Å². The van der Waals surface area contributed by atoms with Crippen LogP contribution >= 0.6 is 0 Å². The van der Waals surface area contributed by atoms with Crippen LogP contribution in [0.2, 0.25) is 0 Å². The van der Waals surface area contributed by atoms with Crippen molar-refractivity contribution in [2.75, 3.05) is 6.61 Å². The molecular formula is C11H8F4N2O3. The van der Waals surface area contributed by atoms with Gasteiger partial charge in [0.2, 0.25) is 0 Å². The maximum absolute atomic E-state index is 13.2. The third kappa shape index (κ3) is 3.23. The molecule has 1 aromatic heterocycles. The molecule has 1 aromatic carbocycles. The van der Waals surface area contributed by atoms with Crippen LogP contribution in [0.5, 0.6) is 0 Å². The van der Waals surface area contributed by atoms with Gasteiger partial charge in [-0.15, -0.1) is 0 Å². The average molecular weight is 292 g/mol. The fourth-order valence-corrected chi connectivity index (χ4v) is 1.63. The summed E-state index contributed by atoms with van der Waals surface area (Å²) in [4.78, 5) is 17.2. The number of H-pyrrole nitrogens is 1. The van der Waals surface area contributed by atoms with Gasteiger partial charge >= 0.3 is 12.1 Å². The molecular weight excluding hydrogens is 284 g/mol. The van der Waals surface area contributed by atoms with Crippen LogP contribution in [0.4, 0.5) is 17.6 Å². The van der Waals surface area contributed by atoms with E-state index < -0.39 is 31.2 Å². The molecule has 20 heavy (non-hydrogen) atoms. The number of imidazole rings is 1. The Hall–Kier alpha value is -2.16. The predicted octanol–water partition coefficient (Wildman–Crippen LogP) is 2.48. The maximum Gasteiger partial charge on any atom is 0.411 e. The van der Waals surface area contributed by atoms with Crippen molar-refractivity contribution < 1.29 is 32.2 Å². The minimum atomic E-state index is -4.47. The second-order valence-electron chi connectivity index (χ2n) is 3.95. The Morgan fingerprint density at radius 2 is 2.10 bits per heavy atom. The Morgan fingerprint density at radius 3 is 2.70 bits per heavy atom. The van der Waals surface area contributed by atoms with Gasteiger partial charge in [0.15, 0.2) is 0 Å². The molecule has 0 fully saturated rings. The fraction of sp³-hybridized carbons (Fsp3) is 0.273. The number of benzene rings is 1. The Balaban J connectivity index is 2.25. The second kappa shape index (κ2) is 5.08. The van der Waals surface area contributed by atoms with Crippen molar-refractivity contribution in [3.05, 3.63) is 29.3 Å². The number of hydrogen-bond acceptors (Lipinski definition) is 3. The Morgan fingerprint density at radius 1 is 1.40 bits per heavy atom. The standard InChI is InChI=1S/C11H8F4N2O3/c12-5-1-6(10(18)19)9-7(2-5)16-8(17-9)3-20-4-11(13,14)15/h1-2H,3-4H2,(H,16,17)(H,18,19). The largest absolute Gasteiger partial charge is 0.478 e. The van der Waals surface area contributed by atoms with Crippen molar-refractivity contribution in [1.29, 1.82) is 0 Å². The number of ether oxygens (including phenoxy) is 1. The van der Waals surface area contributed by atoms with E-state index in [-0.39, 0.29) is 22.4 Å². The zero-order valence-corrected chi connectivity index (χ0v) is 9.79. The number of carboxylic acid groups (broad SMARTS) is 1. The number of rotatable bonds is 4. The van der Waals surface area contributed by atoms with Gasteiger partial charge in [0.1, 0.15) is 30.4 Å². The minimum Gasteiger partial charge on any atom is -0.478 e. The Labute approximate surface area is 109 Å². The van der Waals surface area contributed by atoms with E-state index in [1.165, 1.54) is 0 Å². The summed E-state index contributed by atoms with van der Waals surface area (Å²) in [6, 6.07) is 1.79. The van der Waals surface area contributed by atoms with Gasteiger partial charge in [-0.2, -0.15) is 13.2 Å². The zero-order chi connectivity index (χ0) is 14.9. The van der Waals surface area contributed by atoms with Gasteiger partial charge in [0.05, 0.1) is 11.1 Å². The van der Waals surface area contributed by atoms with Gasteiger partial charge in [0, 0.05) is 0 Å². The number of alkyl halides is 3. The molecule has 0 aliphatic heterocycles. The van der Waals surface area contributed by atoms with Crippen LogP contribution in [0.15, 0.2) is 12.1 Å². The summed E-state index contributed by atoms with van der Waals surface area (Å²) >= 11 is 0. The lowest BCUT2D eigenvalue weighted by Gasteiger charge is -2.05. The normalized spacial score (nSPS) is 12.0. The quantitative estimate of drug-likeness (QED) is 0.849. The summed E-state index contributed by atoms with van der Waals surface area (Å²) in [5.41, 5.74) is -0.337. The number of nitrogens with one attached hydrogen (secondary N) is 1. The third-order valence-electron chi connectivity index (χ3n) is 2.34. The van der Waals surface area contributed by atoms with E-state index in [0.29, 0.717) is 0 Å². The maximum atomic E-state index is 13.2. The van der Waals surface area contributed by atoms with E-state index in [0.717, 1.165) is 12.1 Å². The monoisotopic (exact) mass is 292 g/mol. The van der Waals surface area contributed by atoms with Gasteiger partial charge in [-0.05, 0) is 12.1 Å². The Bertz CT molecular complexity index is 651. The topological polar surface area (TPSA) is 75.2 Å². The van der Waals surface area contributed by atoms with Crippen molar-refractivity contribution >= 4 is 17.0 Å². The first kappa shape index (κ1) is 14.3. The van der Waals surface area contributed by atoms with Gasteiger partial charge < -0.3 is 14.8 Å². The van der Waals surface area contributed by atoms with Gasteiger partial charge in [-0.1, -0.05) is 0 Å². The molecule has 0 bridgehead atoms. The van der Waals surface area contributed by atoms with E-state index in [9.17, 15) is 22.4 Å². The van der Waals surface area contributed by atoms with E-state index in [4.69, 9.17) is 5.11 Å². The third-order valence-corrected chi connectivity index (χ3v) is 2.34. The Kier molecular flexibility index (Phi) is 3.62. The lowest BCUT2D eigenvalue weighted by molar-refractivity contribution is -0.177. The molecule has 0 spiro atoms. The molecule has 2 rings (SSSR count). The molecule has 2 aromatic rings. The van der Waals surface area contributed by atoms with Gasteiger partial charge in [0.25, 0.3) is 0 Å². The van der Waals surface area contributed by atoms with Gasteiger partial charge in [-0.25, -0.2) is 14.2 Å². The lowest BCUT2D eigenvalue weighted by Crippen LogP contribution is -2.16. The van der Waals surface area contributed by atoms with E-state index in [2.05, 4.69) is 14.7 Å². The SMILES string of the molecule is O=C(O)c1cc(F)cc2[nH]c(COCC(F)(F)F)nc12. The molecule has 108 valence electrons. The van der Waals surface area contributed by atoms with Crippen LogP contribution in [0, 0.1) is 5.82 Å². The van der Waals surface area contributed by atoms with Crippen LogP contribution < -0.4 is 0 Å². The number of nitrogens with zero attached hydrogens (tertiary/aromatic N) is 1. The highest BCUT2D eigenvalue weighted by molar-refractivity contribution is 6.00. The lowest BCUT2D eigenvalue weighted by atomic mass is 10.2. The number of aromatic amines is 1. The highest BCUT2D eigenvalue weighted by atomic mass is 19.4. The van der Waals surface area contributed by atoms with Crippen LogP contribution in [-0.4, -0.2) is 33.8 Å². The molecule has 2 N–H and O–H groups in total. The van der Waals surface area contributed by atoms with Crippen molar-refractivity contribution in [2.24, 2.45) is 0 Å². The first-order valence-electron chi connectivity index (χ1n) is 5.32. The molecule has 5 nitrogen and oxygen atoms in total. The summed E-state index contributed by atoms with van der Waals surface area (Å²) < 4.78 is 53.3. The van der Waals surface area contributed by atoms with Crippen LogP contribution in [0.1, 0.15) is 16.2 Å². The number of aromatic carboxylic acids is 1. The molecule has 0 saturated heterocycles. The van der Waals surface area contributed by atoms with Crippen molar-refractivity contribution in [1.82, 2.24) is 9.97 Å². The number of hydrogen-bond donors (Lipinski definition) is 2. The molecule has 0 atom stereocenters. The molecule has 0 amide bonds. The molecule has 0 saturated carbocycles. The summed E-state index contributed by atoms with van der Waals surface area (Å²) in [6.07, 6.45) is -4.47. The van der Waals surface area contributed by atoms with Crippen molar-refractivity contribution in [3.63, 3.8) is 0 Å². The van der Waals surface area contributed by atoms with E-state index in [1.807, 2.05) is 0 Å². The number of carboxylic acids is 1. The molecule has 9 heteroatoms. The highest BCUT2D eigenvalue weighted by Crippen LogP contribution is 2.20. The molecule has 0 unspecified atom stereocenters. The molecule has 1 heterocycles. The van der Waals surface area contributed by atoms with Crippen LogP contribution in [-0.2, 0) is 11.3 Å². The molecule has 0 radical (unpaired) electrons. The van der Waals surface area contributed by atoms with E-state index in [1.54, 1.807) is 0 Å². The number of aromatic nitrogens is 2. The smallest absolute Gasteiger partial charge is 0.411 e. The van der Waals surface area contributed by atoms with Crippen molar-refractivity contribution in [2.45, 2.75) is 12.8 Å². The average Bonchev–Trinajstić information content (AvgIpc) is 2.68. The fourth-order valence-electron chi connectivity index (χ4n) is 1.63. The summed E-state index contributed by atoms with van der Waals surface area (Å²) in [5.74, 6) is -2.19. The minimum absolute atomic E-state index is 0.0163. The first-order valence-corrected chi connectivity index (χ1v) is 5.32. The zero-order valence-electron chi connectivity index (χ0n) is 9.79. The first-order chi connectivity index (χ1) is 9.26. The summed E-state index contributed by atoms with van der Waals surface area (Å²) in [6.45, 7) is -1.95. The molecule has 0 aliphatic rings. The number of carbonyl (C=O) groups is 1. The van der Waals surface area contributed by atoms with Crippen LogP contribution in [0.25, 0.3) is 11.0 Å². The summed E-state index contributed by atoms with van der Waals surface area (Å²) in [5, 5.41) is 8.90. The van der Waals surface area contributed by atoms with Crippen LogP contribution in [0.3, 0.4) is 0 Å². The second-order valence-corrected chi connectivity index (χ2v) is 3.95. The van der Waals surface area contributed by atoms with E-state index >= 15 is 0 Å².